The number of rotatable bonds is 2. The third kappa shape index (κ3) is 12.2. The summed E-state index contributed by atoms with van der Waals surface area (Å²) in [7, 11) is 2.18. The number of hydrogen-bond donors (Lipinski definition) is 1. The largest absolute Gasteiger partial charge is 0.508 e. The number of aldehydes is 1. The highest BCUT2D eigenvalue weighted by Gasteiger charge is 2.13. The lowest BCUT2D eigenvalue weighted by Gasteiger charge is -2.03. The molecule has 0 bridgehead atoms. The Morgan fingerprint density at radius 2 is 1.83 bits per heavy atom. The molecule has 4 rings (SSSR count). The average molecular weight is 493 g/mol. The normalized spacial score (nSPS) is 14.1. The van der Waals surface area contributed by atoms with E-state index >= 15 is 0 Å². The van der Waals surface area contributed by atoms with Crippen LogP contribution in [0.2, 0.25) is 5.02 Å². The van der Waals surface area contributed by atoms with E-state index in [0.717, 1.165) is 17.9 Å². The first-order valence-corrected chi connectivity index (χ1v) is 12.2. The van der Waals surface area contributed by atoms with E-state index in [1.54, 1.807) is 24.3 Å². The summed E-state index contributed by atoms with van der Waals surface area (Å²) in [4.78, 5) is 12.4. The number of carbonyl (C=O) groups is 1. The van der Waals surface area contributed by atoms with Crippen molar-refractivity contribution in [1.29, 1.82) is 5.26 Å². The van der Waals surface area contributed by atoms with Gasteiger partial charge in [-0.1, -0.05) is 67.9 Å². The topological polar surface area (TPSA) is 64.3 Å². The number of aryl methyl sites for hydroxylation is 3. The number of nitriles is 1. The molecule has 1 saturated heterocycles. The Labute approximate surface area is 215 Å². The average Bonchev–Trinajstić information content (AvgIpc) is 3.23. The van der Waals surface area contributed by atoms with E-state index in [9.17, 15) is 4.79 Å². The van der Waals surface area contributed by atoms with Crippen LogP contribution in [0, 0.1) is 31.1 Å². The van der Waals surface area contributed by atoms with Gasteiger partial charge in [0.1, 0.15) is 18.1 Å². The van der Waals surface area contributed by atoms with Crippen LogP contribution >= 0.6 is 11.6 Å². The van der Waals surface area contributed by atoms with Gasteiger partial charge in [-0.3, -0.25) is 4.79 Å². The van der Waals surface area contributed by atoms with Gasteiger partial charge in [-0.2, -0.15) is 5.26 Å². The van der Waals surface area contributed by atoms with Crippen LogP contribution in [-0.2, 0) is 6.42 Å². The number of hydrogen-bond acceptors (Lipinski definition) is 4. The van der Waals surface area contributed by atoms with Crippen LogP contribution in [0.15, 0.2) is 66.7 Å². The summed E-state index contributed by atoms with van der Waals surface area (Å²) >= 11 is 5.71. The second-order valence-corrected chi connectivity index (χ2v) is 9.15. The number of phenolic OH excluding ortho intramolecular Hbond substituents is 1. The SMILES string of the molecule is CC1CCN(C)C1.CCc1ccccc1C.Cc1ccc(C#N)c(Cl)c1.O=Cc1cccc(O)c1. The zero-order valence-corrected chi connectivity index (χ0v) is 22.2. The molecule has 1 aliphatic heterocycles. The van der Waals surface area contributed by atoms with Gasteiger partial charge in [0, 0.05) is 12.1 Å². The van der Waals surface area contributed by atoms with Crippen molar-refractivity contribution >= 4 is 17.9 Å². The quantitative estimate of drug-likeness (QED) is 0.383. The Kier molecular flexibility index (Phi) is 14.1. The van der Waals surface area contributed by atoms with E-state index in [-0.39, 0.29) is 5.75 Å². The fourth-order valence-electron chi connectivity index (χ4n) is 3.47. The monoisotopic (exact) mass is 492 g/mol. The molecule has 1 unspecified atom stereocenters. The second-order valence-electron chi connectivity index (χ2n) is 8.74. The maximum absolute atomic E-state index is 10.0. The molecule has 0 amide bonds. The van der Waals surface area contributed by atoms with Crippen LogP contribution in [0.1, 0.15) is 52.9 Å². The van der Waals surface area contributed by atoms with E-state index in [2.05, 4.69) is 57.0 Å². The van der Waals surface area contributed by atoms with E-state index in [1.807, 2.05) is 19.1 Å². The Bertz CT molecular complexity index is 1080. The fourth-order valence-corrected chi connectivity index (χ4v) is 3.75. The van der Waals surface area contributed by atoms with Crippen molar-refractivity contribution in [2.75, 3.05) is 20.1 Å². The van der Waals surface area contributed by atoms with E-state index in [1.165, 1.54) is 42.8 Å². The molecule has 4 nitrogen and oxygen atoms in total. The lowest BCUT2D eigenvalue weighted by molar-refractivity contribution is 0.112. The van der Waals surface area contributed by atoms with Crippen molar-refractivity contribution in [3.05, 3.63) is 99.6 Å². The zero-order chi connectivity index (χ0) is 26.2. The lowest BCUT2D eigenvalue weighted by atomic mass is 10.1. The zero-order valence-electron chi connectivity index (χ0n) is 21.5. The molecule has 1 N–H and O–H groups in total. The minimum atomic E-state index is 0.125. The molecule has 35 heavy (non-hydrogen) atoms. The summed E-state index contributed by atoms with van der Waals surface area (Å²) in [6, 6.07) is 22.0. The molecular weight excluding hydrogens is 456 g/mol. The highest BCUT2D eigenvalue weighted by molar-refractivity contribution is 6.31. The molecule has 0 spiro atoms. The predicted octanol–water partition coefficient (Wildman–Crippen LogP) is 7.24. The molecule has 1 aliphatic rings. The molecule has 3 aromatic rings. The highest BCUT2D eigenvalue weighted by Crippen LogP contribution is 2.15. The fraction of sp³-hybridized carbons (Fsp3) is 0.333. The second kappa shape index (κ2) is 16.5. The van der Waals surface area contributed by atoms with Crippen LogP contribution in [-0.4, -0.2) is 36.4 Å². The number of halogens is 1. The summed E-state index contributed by atoms with van der Waals surface area (Å²) in [5, 5.41) is 17.8. The van der Waals surface area contributed by atoms with E-state index in [4.69, 9.17) is 22.0 Å². The standard InChI is InChI=1S/C9H12.C8H6ClN.C7H6O2.C6H13N/c1-3-9-7-5-4-6-8(9)2;1-6-2-3-7(5-10)8(9)4-6;8-5-6-2-1-3-7(9)4-6;1-6-3-4-7(2)5-6/h4-7H,3H2,1-2H3;2-4H,1H3;1-5,9H;6H,3-5H2,1-2H3. The van der Waals surface area contributed by atoms with Gasteiger partial charge in [-0.25, -0.2) is 0 Å². The number of aromatic hydroxyl groups is 1. The number of likely N-dealkylation sites (tertiary alicyclic amines) is 1. The van der Waals surface area contributed by atoms with E-state index in [0.29, 0.717) is 22.4 Å². The van der Waals surface area contributed by atoms with Crippen molar-refractivity contribution in [2.24, 2.45) is 5.92 Å². The van der Waals surface area contributed by atoms with Gasteiger partial charge in [0.15, 0.2) is 0 Å². The van der Waals surface area contributed by atoms with Crippen LogP contribution in [0.5, 0.6) is 5.75 Å². The smallest absolute Gasteiger partial charge is 0.150 e. The molecule has 5 heteroatoms. The van der Waals surface area contributed by atoms with Crippen LogP contribution in [0.4, 0.5) is 0 Å². The first-order chi connectivity index (χ1) is 16.7. The molecule has 3 aromatic carbocycles. The Balaban J connectivity index is 0.000000235. The number of phenols is 1. The molecule has 0 aromatic heterocycles. The molecule has 1 atom stereocenters. The van der Waals surface area contributed by atoms with Gasteiger partial charge in [0.25, 0.3) is 0 Å². The third-order valence-corrected chi connectivity index (χ3v) is 5.83. The van der Waals surface area contributed by atoms with Gasteiger partial charge in [0.2, 0.25) is 0 Å². The molecular formula is C30H37ClN2O2. The summed E-state index contributed by atoms with van der Waals surface area (Å²) in [5.74, 6) is 1.07. The Morgan fingerprint density at radius 1 is 1.11 bits per heavy atom. The summed E-state index contributed by atoms with van der Waals surface area (Å²) < 4.78 is 0. The maximum atomic E-state index is 10.0. The highest BCUT2D eigenvalue weighted by atomic mass is 35.5. The van der Waals surface area contributed by atoms with Crippen LogP contribution < -0.4 is 0 Å². The van der Waals surface area contributed by atoms with Crippen LogP contribution in [0.25, 0.3) is 0 Å². The van der Waals surface area contributed by atoms with Gasteiger partial charge < -0.3 is 10.0 Å². The first-order valence-electron chi connectivity index (χ1n) is 11.8. The summed E-state index contributed by atoms with van der Waals surface area (Å²) in [5.41, 5.74) is 4.96. The molecule has 0 aliphatic carbocycles. The molecule has 1 fully saturated rings. The summed E-state index contributed by atoms with van der Waals surface area (Å²) in [6.07, 6.45) is 3.24. The van der Waals surface area contributed by atoms with Crippen molar-refractivity contribution in [1.82, 2.24) is 4.90 Å². The van der Waals surface area contributed by atoms with Gasteiger partial charge in [-0.15, -0.1) is 0 Å². The number of benzene rings is 3. The lowest BCUT2D eigenvalue weighted by Crippen LogP contribution is -2.12. The molecule has 0 radical (unpaired) electrons. The molecule has 1 heterocycles. The summed E-state index contributed by atoms with van der Waals surface area (Å²) in [6.45, 7) is 11.2. The first kappa shape index (κ1) is 29.9. The van der Waals surface area contributed by atoms with Crippen molar-refractivity contribution < 1.29 is 9.90 Å². The third-order valence-electron chi connectivity index (χ3n) is 5.52. The van der Waals surface area contributed by atoms with Gasteiger partial charge >= 0.3 is 0 Å². The van der Waals surface area contributed by atoms with Crippen LogP contribution in [0.3, 0.4) is 0 Å². The van der Waals surface area contributed by atoms with Crippen molar-refractivity contribution in [3.63, 3.8) is 0 Å². The molecule has 0 saturated carbocycles. The minimum absolute atomic E-state index is 0.125. The Morgan fingerprint density at radius 3 is 2.23 bits per heavy atom. The number of nitrogens with zero attached hydrogens (tertiary/aromatic N) is 2. The van der Waals surface area contributed by atoms with E-state index < -0.39 is 0 Å². The maximum Gasteiger partial charge on any atom is 0.150 e. The molecule has 186 valence electrons. The Hall–Kier alpha value is -3.13. The van der Waals surface area contributed by atoms with Crippen molar-refractivity contribution in [3.8, 4) is 11.8 Å². The number of carbonyl (C=O) groups excluding carboxylic acids is 1. The van der Waals surface area contributed by atoms with Gasteiger partial charge in [-0.05, 0) is 87.2 Å². The minimum Gasteiger partial charge on any atom is -0.508 e. The predicted molar refractivity (Wildman–Crippen MR) is 146 cm³/mol. The van der Waals surface area contributed by atoms with Gasteiger partial charge in [0.05, 0.1) is 10.6 Å². The van der Waals surface area contributed by atoms with Crippen molar-refractivity contribution in [2.45, 2.75) is 40.5 Å².